The van der Waals surface area contributed by atoms with Gasteiger partial charge in [-0.1, -0.05) is 23.7 Å². The van der Waals surface area contributed by atoms with Crippen LogP contribution in [0, 0.1) is 0 Å². The molecule has 4 heteroatoms. The quantitative estimate of drug-likeness (QED) is 0.900. The molecule has 1 aliphatic heterocycles. The van der Waals surface area contributed by atoms with Crippen molar-refractivity contribution in [3.05, 3.63) is 47.2 Å². The number of rotatable bonds is 2. The first kappa shape index (κ1) is 11.8. The summed E-state index contributed by atoms with van der Waals surface area (Å²) in [5, 5.41) is 8.40. The second kappa shape index (κ2) is 4.41. The van der Waals surface area contributed by atoms with Crippen LogP contribution in [0.1, 0.15) is 25.3 Å². The van der Waals surface area contributed by atoms with Crippen LogP contribution in [0.5, 0.6) is 0 Å². The Labute approximate surface area is 112 Å². The van der Waals surface area contributed by atoms with Crippen LogP contribution in [-0.2, 0) is 5.54 Å². The fraction of sp³-hybridized carbons (Fsp3) is 0.357. The molecule has 0 saturated carbocycles. The normalized spacial score (nSPS) is 23.4. The summed E-state index contributed by atoms with van der Waals surface area (Å²) in [6.07, 6.45) is 4.13. The van der Waals surface area contributed by atoms with Crippen molar-refractivity contribution in [3.8, 4) is 5.69 Å². The molecule has 0 spiro atoms. The third-order valence-electron chi connectivity index (χ3n) is 3.71. The van der Waals surface area contributed by atoms with Gasteiger partial charge in [-0.25, -0.2) is 4.68 Å². The number of hydrogen-bond acceptors (Lipinski definition) is 2. The van der Waals surface area contributed by atoms with Crippen molar-refractivity contribution in [1.29, 1.82) is 0 Å². The van der Waals surface area contributed by atoms with Gasteiger partial charge in [0.05, 0.1) is 11.9 Å². The SMILES string of the molecule is CC1(c2ccc(-n3nccc3Cl)cc2)CCCN1. The Hall–Kier alpha value is -1.32. The van der Waals surface area contributed by atoms with Gasteiger partial charge >= 0.3 is 0 Å². The summed E-state index contributed by atoms with van der Waals surface area (Å²) in [5.74, 6) is 0. The van der Waals surface area contributed by atoms with Crippen LogP contribution in [0.25, 0.3) is 5.69 Å². The maximum atomic E-state index is 6.06. The van der Waals surface area contributed by atoms with Gasteiger partial charge in [0.2, 0.25) is 0 Å². The summed E-state index contributed by atoms with van der Waals surface area (Å²) in [6, 6.07) is 10.2. The molecule has 1 aromatic carbocycles. The molecule has 2 aromatic rings. The second-order valence-electron chi connectivity index (χ2n) is 4.98. The summed E-state index contributed by atoms with van der Waals surface area (Å²) < 4.78 is 1.73. The Morgan fingerprint density at radius 1 is 1.28 bits per heavy atom. The zero-order chi connectivity index (χ0) is 12.6. The molecule has 2 heterocycles. The lowest BCUT2D eigenvalue weighted by atomic mass is 9.90. The smallest absolute Gasteiger partial charge is 0.132 e. The van der Waals surface area contributed by atoms with E-state index in [0.717, 1.165) is 12.2 Å². The zero-order valence-electron chi connectivity index (χ0n) is 10.4. The number of halogens is 1. The molecule has 1 fully saturated rings. The Balaban J connectivity index is 1.92. The van der Waals surface area contributed by atoms with Crippen LogP contribution in [0.2, 0.25) is 5.15 Å². The van der Waals surface area contributed by atoms with Crippen molar-refractivity contribution in [1.82, 2.24) is 15.1 Å². The molecule has 1 N–H and O–H groups in total. The molecule has 94 valence electrons. The van der Waals surface area contributed by atoms with Crippen LogP contribution in [-0.4, -0.2) is 16.3 Å². The molecule has 3 nitrogen and oxygen atoms in total. The highest BCUT2D eigenvalue weighted by Crippen LogP contribution is 2.30. The molecule has 1 aromatic heterocycles. The van der Waals surface area contributed by atoms with Gasteiger partial charge in [-0.2, -0.15) is 5.10 Å². The Morgan fingerprint density at radius 2 is 2.06 bits per heavy atom. The maximum Gasteiger partial charge on any atom is 0.132 e. The van der Waals surface area contributed by atoms with E-state index in [1.807, 2.05) is 0 Å². The van der Waals surface area contributed by atoms with Crippen LogP contribution in [0.15, 0.2) is 36.5 Å². The summed E-state index contributed by atoms with van der Waals surface area (Å²) >= 11 is 6.06. The predicted octanol–water partition coefficient (Wildman–Crippen LogP) is 3.12. The topological polar surface area (TPSA) is 29.9 Å². The largest absolute Gasteiger partial charge is 0.308 e. The van der Waals surface area contributed by atoms with Gasteiger partial charge < -0.3 is 5.32 Å². The lowest BCUT2D eigenvalue weighted by Crippen LogP contribution is -2.32. The van der Waals surface area contributed by atoms with Gasteiger partial charge in [-0.05, 0) is 50.1 Å². The van der Waals surface area contributed by atoms with Gasteiger partial charge in [0.15, 0.2) is 0 Å². The minimum atomic E-state index is 0.118. The summed E-state index contributed by atoms with van der Waals surface area (Å²) in [6.45, 7) is 3.36. The van der Waals surface area contributed by atoms with E-state index in [9.17, 15) is 0 Å². The molecule has 0 radical (unpaired) electrons. The first-order valence-electron chi connectivity index (χ1n) is 6.24. The fourth-order valence-corrected chi connectivity index (χ4v) is 2.79. The van der Waals surface area contributed by atoms with Gasteiger partial charge in [0, 0.05) is 5.54 Å². The van der Waals surface area contributed by atoms with E-state index in [-0.39, 0.29) is 5.54 Å². The van der Waals surface area contributed by atoms with E-state index in [1.54, 1.807) is 16.9 Å². The zero-order valence-corrected chi connectivity index (χ0v) is 11.1. The second-order valence-corrected chi connectivity index (χ2v) is 5.36. The lowest BCUT2D eigenvalue weighted by molar-refractivity contribution is 0.435. The van der Waals surface area contributed by atoms with Gasteiger partial charge in [-0.3, -0.25) is 0 Å². The van der Waals surface area contributed by atoms with Crippen molar-refractivity contribution in [2.24, 2.45) is 0 Å². The standard InChI is InChI=1S/C14H16ClN3/c1-14(8-2-9-16-14)11-3-5-12(6-4-11)18-13(15)7-10-17-18/h3-7,10,16H,2,8-9H2,1H3. The fourth-order valence-electron chi connectivity index (χ4n) is 2.59. The minimum Gasteiger partial charge on any atom is -0.308 e. The molecule has 1 aliphatic rings. The average Bonchev–Trinajstić information content (AvgIpc) is 2.99. The molecule has 0 bridgehead atoms. The summed E-state index contributed by atoms with van der Waals surface area (Å²) in [7, 11) is 0. The molecule has 1 unspecified atom stereocenters. The Bertz CT molecular complexity index is 538. The van der Waals surface area contributed by atoms with Crippen molar-refractivity contribution in [2.45, 2.75) is 25.3 Å². The van der Waals surface area contributed by atoms with Crippen molar-refractivity contribution in [3.63, 3.8) is 0 Å². The Kier molecular flexibility index (Phi) is 2.88. The first-order valence-corrected chi connectivity index (χ1v) is 6.62. The highest BCUT2D eigenvalue weighted by molar-refractivity contribution is 6.29. The third kappa shape index (κ3) is 1.93. The van der Waals surface area contributed by atoms with E-state index in [2.05, 4.69) is 41.6 Å². The van der Waals surface area contributed by atoms with E-state index in [1.165, 1.54) is 18.4 Å². The Morgan fingerprint density at radius 3 is 2.61 bits per heavy atom. The summed E-state index contributed by atoms with van der Waals surface area (Å²) in [4.78, 5) is 0. The number of benzene rings is 1. The first-order chi connectivity index (χ1) is 8.69. The number of nitrogens with zero attached hydrogens (tertiary/aromatic N) is 2. The monoisotopic (exact) mass is 261 g/mol. The average molecular weight is 262 g/mol. The highest BCUT2D eigenvalue weighted by atomic mass is 35.5. The lowest BCUT2D eigenvalue weighted by Gasteiger charge is -2.25. The summed E-state index contributed by atoms with van der Waals surface area (Å²) in [5.41, 5.74) is 2.44. The molecule has 3 rings (SSSR count). The maximum absolute atomic E-state index is 6.06. The van der Waals surface area contributed by atoms with E-state index >= 15 is 0 Å². The number of aromatic nitrogens is 2. The molecule has 18 heavy (non-hydrogen) atoms. The van der Waals surface area contributed by atoms with Crippen molar-refractivity contribution in [2.75, 3.05) is 6.54 Å². The number of nitrogens with one attached hydrogen (secondary N) is 1. The van der Waals surface area contributed by atoms with Crippen LogP contribution in [0.3, 0.4) is 0 Å². The minimum absolute atomic E-state index is 0.118. The predicted molar refractivity (Wildman–Crippen MR) is 73.2 cm³/mol. The van der Waals surface area contributed by atoms with E-state index < -0.39 is 0 Å². The van der Waals surface area contributed by atoms with Crippen LogP contribution >= 0.6 is 11.6 Å². The molecular formula is C14H16ClN3. The molecule has 0 aliphatic carbocycles. The van der Waals surface area contributed by atoms with Gasteiger partial charge in [0.1, 0.15) is 5.15 Å². The third-order valence-corrected chi connectivity index (χ3v) is 4.00. The van der Waals surface area contributed by atoms with E-state index in [4.69, 9.17) is 11.6 Å². The van der Waals surface area contributed by atoms with E-state index in [0.29, 0.717) is 5.15 Å². The number of hydrogen-bond donors (Lipinski definition) is 1. The van der Waals surface area contributed by atoms with Crippen LogP contribution < -0.4 is 5.32 Å². The van der Waals surface area contributed by atoms with Crippen LogP contribution in [0.4, 0.5) is 0 Å². The van der Waals surface area contributed by atoms with Crippen molar-refractivity contribution >= 4 is 11.6 Å². The van der Waals surface area contributed by atoms with Gasteiger partial charge in [0.25, 0.3) is 0 Å². The highest BCUT2D eigenvalue weighted by Gasteiger charge is 2.29. The molecular weight excluding hydrogens is 246 g/mol. The molecule has 0 amide bonds. The van der Waals surface area contributed by atoms with Crippen molar-refractivity contribution < 1.29 is 0 Å². The van der Waals surface area contributed by atoms with Gasteiger partial charge in [-0.15, -0.1) is 0 Å². The molecule has 1 atom stereocenters. The molecule has 1 saturated heterocycles.